The largest absolute Gasteiger partial charge is 0.488 e. The van der Waals surface area contributed by atoms with Crippen LogP contribution in [0.1, 0.15) is 38.8 Å². The van der Waals surface area contributed by atoms with Gasteiger partial charge in [-0.15, -0.1) is 0 Å². The van der Waals surface area contributed by atoms with Crippen LogP contribution < -0.4 is 4.74 Å². The van der Waals surface area contributed by atoms with Gasteiger partial charge >= 0.3 is 0 Å². The molecular formula is C17H21BrClN3O2. The summed E-state index contributed by atoms with van der Waals surface area (Å²) in [5, 5.41) is 15.7. The summed E-state index contributed by atoms with van der Waals surface area (Å²) < 4.78 is 8.72. The molecule has 2 heterocycles. The molecule has 130 valence electrons. The molecule has 7 heteroatoms. The van der Waals surface area contributed by atoms with Gasteiger partial charge in [-0.1, -0.05) is 48.3 Å². The topological polar surface area (TPSA) is 60.2 Å². The number of hydrogen-bond acceptors (Lipinski definition) is 4. The van der Waals surface area contributed by atoms with Crippen molar-refractivity contribution in [3.05, 3.63) is 39.8 Å². The van der Waals surface area contributed by atoms with Crippen LogP contribution in [0, 0.1) is 5.41 Å². The van der Waals surface area contributed by atoms with Crippen molar-refractivity contribution >= 4 is 27.5 Å². The summed E-state index contributed by atoms with van der Waals surface area (Å²) in [6.45, 7) is 6.04. The van der Waals surface area contributed by atoms with Crippen LogP contribution in [0.15, 0.2) is 29.3 Å². The summed E-state index contributed by atoms with van der Waals surface area (Å²) in [7, 11) is 0. The molecule has 3 unspecified atom stereocenters. The molecule has 3 rings (SSSR count). The summed E-state index contributed by atoms with van der Waals surface area (Å²) in [5.74, 6) is 0.743. The lowest BCUT2D eigenvalue weighted by Crippen LogP contribution is -2.38. The van der Waals surface area contributed by atoms with E-state index in [9.17, 15) is 5.11 Å². The molecule has 0 amide bonds. The van der Waals surface area contributed by atoms with Crippen molar-refractivity contribution in [2.75, 3.05) is 0 Å². The number of ether oxygens (including phenoxy) is 1. The van der Waals surface area contributed by atoms with Crippen LogP contribution in [-0.2, 0) is 6.42 Å². The first-order valence-corrected chi connectivity index (χ1v) is 9.09. The molecule has 1 aromatic heterocycles. The van der Waals surface area contributed by atoms with Crippen molar-refractivity contribution in [3.8, 4) is 5.75 Å². The van der Waals surface area contributed by atoms with E-state index >= 15 is 0 Å². The third-order valence-corrected chi connectivity index (χ3v) is 5.09. The van der Waals surface area contributed by atoms with Crippen molar-refractivity contribution in [1.29, 1.82) is 0 Å². The molecule has 1 aromatic carbocycles. The van der Waals surface area contributed by atoms with Crippen LogP contribution in [0.3, 0.4) is 0 Å². The zero-order valence-electron chi connectivity index (χ0n) is 13.9. The van der Waals surface area contributed by atoms with Crippen LogP contribution in [0.4, 0.5) is 0 Å². The lowest BCUT2D eigenvalue weighted by atomic mass is 9.82. The highest BCUT2D eigenvalue weighted by atomic mass is 79.9. The molecule has 3 atom stereocenters. The zero-order valence-corrected chi connectivity index (χ0v) is 16.3. The van der Waals surface area contributed by atoms with Crippen LogP contribution in [-0.4, -0.2) is 32.1 Å². The van der Waals surface area contributed by atoms with Gasteiger partial charge in [-0.25, -0.2) is 9.67 Å². The number of hydrogen-bond donors (Lipinski definition) is 1. The summed E-state index contributed by atoms with van der Waals surface area (Å²) in [6.07, 6.45) is 3.89. The number of aromatic nitrogens is 3. The molecule has 0 radical (unpaired) electrons. The molecule has 1 N–H and O–H groups in total. The second-order valence-electron chi connectivity index (χ2n) is 7.31. The zero-order chi connectivity index (χ0) is 17.5. The Morgan fingerprint density at radius 1 is 1.46 bits per heavy atom. The Morgan fingerprint density at radius 3 is 2.83 bits per heavy atom. The lowest BCUT2D eigenvalue weighted by Gasteiger charge is -2.34. The molecule has 2 aromatic rings. The van der Waals surface area contributed by atoms with Gasteiger partial charge in [0, 0.05) is 22.9 Å². The molecule has 0 saturated carbocycles. The predicted octanol–water partition coefficient (Wildman–Crippen LogP) is 4.04. The second-order valence-corrected chi connectivity index (χ2v) is 8.63. The standard InChI is InChI=1S/C17H21BrClN3O2/c1-17(2,3)16(23)14(22-9-20-8-21-22)7-12-5-10-4-11(18)6-13(19)15(10)24-12/h4,6,8-9,12,14,16,23H,5,7H2,1-3H3. The third kappa shape index (κ3) is 3.60. The van der Waals surface area contributed by atoms with Crippen molar-refractivity contribution in [1.82, 2.24) is 14.8 Å². The number of benzene rings is 1. The van der Waals surface area contributed by atoms with Gasteiger partial charge < -0.3 is 9.84 Å². The summed E-state index contributed by atoms with van der Waals surface area (Å²) >= 11 is 9.74. The van der Waals surface area contributed by atoms with E-state index in [-0.39, 0.29) is 17.6 Å². The highest BCUT2D eigenvalue weighted by Gasteiger charge is 2.36. The Morgan fingerprint density at radius 2 is 2.21 bits per heavy atom. The molecule has 0 spiro atoms. The minimum Gasteiger partial charge on any atom is -0.488 e. The van der Waals surface area contributed by atoms with Gasteiger partial charge in [0.15, 0.2) is 0 Å². The number of rotatable bonds is 4. The van der Waals surface area contributed by atoms with Gasteiger partial charge in [0.05, 0.1) is 17.2 Å². The summed E-state index contributed by atoms with van der Waals surface area (Å²) in [5.41, 5.74) is 0.810. The molecule has 1 aliphatic heterocycles. The number of fused-ring (bicyclic) bond motifs is 1. The molecule has 0 fully saturated rings. The van der Waals surface area contributed by atoms with Gasteiger partial charge in [-0.2, -0.15) is 5.10 Å². The number of aliphatic hydroxyl groups is 1. The van der Waals surface area contributed by atoms with E-state index in [0.29, 0.717) is 11.4 Å². The van der Waals surface area contributed by atoms with Gasteiger partial charge in [-0.3, -0.25) is 0 Å². The van der Waals surface area contributed by atoms with Crippen molar-refractivity contribution in [2.45, 2.75) is 51.9 Å². The maximum atomic E-state index is 10.8. The highest BCUT2D eigenvalue weighted by Crippen LogP contribution is 2.41. The number of aliphatic hydroxyl groups excluding tert-OH is 1. The Kier molecular flexibility index (Phi) is 4.91. The smallest absolute Gasteiger partial charge is 0.141 e. The van der Waals surface area contributed by atoms with E-state index in [1.54, 1.807) is 11.0 Å². The molecular weight excluding hydrogens is 394 g/mol. The third-order valence-electron chi connectivity index (χ3n) is 4.35. The fraction of sp³-hybridized carbons (Fsp3) is 0.529. The first-order chi connectivity index (χ1) is 11.3. The molecule has 1 aliphatic rings. The summed E-state index contributed by atoms with van der Waals surface area (Å²) in [6, 6.07) is 3.65. The second kappa shape index (κ2) is 6.65. The van der Waals surface area contributed by atoms with Crippen LogP contribution in [0.5, 0.6) is 5.75 Å². The van der Waals surface area contributed by atoms with E-state index in [1.807, 2.05) is 32.9 Å². The van der Waals surface area contributed by atoms with E-state index in [4.69, 9.17) is 16.3 Å². The van der Waals surface area contributed by atoms with E-state index < -0.39 is 6.10 Å². The molecule has 0 aliphatic carbocycles. The Balaban J connectivity index is 1.81. The average Bonchev–Trinajstić information content (AvgIpc) is 3.11. The normalized spacial score (nSPS) is 19.7. The van der Waals surface area contributed by atoms with Crippen molar-refractivity contribution < 1.29 is 9.84 Å². The Hall–Kier alpha value is -1.11. The predicted molar refractivity (Wildman–Crippen MR) is 96.4 cm³/mol. The van der Waals surface area contributed by atoms with Gasteiger partial charge in [0.1, 0.15) is 24.5 Å². The first-order valence-electron chi connectivity index (χ1n) is 7.92. The minimum atomic E-state index is -0.575. The Labute approximate surface area is 155 Å². The fourth-order valence-electron chi connectivity index (χ4n) is 3.10. The van der Waals surface area contributed by atoms with Crippen molar-refractivity contribution in [3.63, 3.8) is 0 Å². The SMILES string of the molecule is CC(C)(C)C(O)C(CC1Cc2cc(Br)cc(Cl)c2O1)n1cncn1. The van der Waals surface area contributed by atoms with E-state index in [0.717, 1.165) is 22.2 Å². The highest BCUT2D eigenvalue weighted by molar-refractivity contribution is 9.10. The van der Waals surface area contributed by atoms with Gasteiger partial charge in [-0.05, 0) is 17.5 Å². The van der Waals surface area contributed by atoms with Crippen LogP contribution in [0.25, 0.3) is 0 Å². The van der Waals surface area contributed by atoms with E-state index in [1.165, 1.54) is 6.33 Å². The molecule has 0 bridgehead atoms. The van der Waals surface area contributed by atoms with Crippen molar-refractivity contribution in [2.24, 2.45) is 5.41 Å². The number of nitrogens with zero attached hydrogens (tertiary/aromatic N) is 3. The van der Waals surface area contributed by atoms with Gasteiger partial charge in [0.25, 0.3) is 0 Å². The average molecular weight is 415 g/mol. The lowest BCUT2D eigenvalue weighted by molar-refractivity contribution is -0.00211. The monoisotopic (exact) mass is 413 g/mol. The van der Waals surface area contributed by atoms with Crippen LogP contribution >= 0.6 is 27.5 Å². The molecule has 24 heavy (non-hydrogen) atoms. The van der Waals surface area contributed by atoms with E-state index in [2.05, 4.69) is 26.0 Å². The maximum absolute atomic E-state index is 10.8. The number of halogens is 2. The first kappa shape index (κ1) is 17.7. The molecule has 5 nitrogen and oxygen atoms in total. The Bertz CT molecular complexity index is 715. The van der Waals surface area contributed by atoms with Gasteiger partial charge in [0.2, 0.25) is 0 Å². The summed E-state index contributed by atoms with van der Waals surface area (Å²) in [4.78, 5) is 4.02. The quantitative estimate of drug-likeness (QED) is 0.820. The fourth-order valence-corrected chi connectivity index (χ4v) is 4.02. The maximum Gasteiger partial charge on any atom is 0.141 e. The minimum absolute atomic E-state index is 0.0574. The van der Waals surface area contributed by atoms with Crippen LogP contribution in [0.2, 0.25) is 5.02 Å². The molecule has 0 saturated heterocycles.